The smallest absolute Gasteiger partial charge is 0.191 e. The van der Waals surface area contributed by atoms with Crippen LogP contribution in [0.2, 0.25) is 0 Å². The minimum Gasteiger partial charge on any atom is -0.381 e. The van der Waals surface area contributed by atoms with E-state index in [1.54, 1.807) is 6.20 Å². The first-order valence-electron chi connectivity index (χ1n) is 10.7. The van der Waals surface area contributed by atoms with Crippen molar-refractivity contribution in [2.75, 3.05) is 39.9 Å². The lowest BCUT2D eigenvalue weighted by Crippen LogP contribution is -2.49. The summed E-state index contributed by atoms with van der Waals surface area (Å²) in [5.41, 5.74) is 2.27. The molecule has 7 nitrogen and oxygen atoms in total. The molecule has 4 rings (SSSR count). The van der Waals surface area contributed by atoms with E-state index in [4.69, 9.17) is 4.74 Å². The summed E-state index contributed by atoms with van der Waals surface area (Å²) in [5, 5.41) is 11.4. The highest BCUT2D eigenvalue weighted by Gasteiger charge is 2.24. The molecular weight excluding hydrogens is 491 g/mol. The number of benzene rings is 1. The topological polar surface area (TPSA) is 66.7 Å². The molecule has 2 fully saturated rings. The van der Waals surface area contributed by atoms with Crippen LogP contribution in [0.4, 0.5) is 0 Å². The maximum atomic E-state index is 5.51. The van der Waals surface area contributed by atoms with Gasteiger partial charge < -0.3 is 20.3 Å². The second-order valence-electron chi connectivity index (χ2n) is 8.00. The minimum atomic E-state index is 0. The summed E-state index contributed by atoms with van der Waals surface area (Å²) >= 11 is 0. The maximum Gasteiger partial charge on any atom is 0.191 e. The van der Waals surface area contributed by atoms with Gasteiger partial charge in [0, 0.05) is 58.3 Å². The molecule has 1 unspecified atom stereocenters. The molecule has 3 heterocycles. The predicted octanol–water partition coefficient (Wildman–Crippen LogP) is 2.66. The fourth-order valence-electron chi connectivity index (χ4n) is 4.16. The Morgan fingerprint density at radius 3 is 2.80 bits per heavy atom. The molecule has 30 heavy (non-hydrogen) atoms. The fourth-order valence-corrected chi connectivity index (χ4v) is 4.16. The van der Waals surface area contributed by atoms with Crippen molar-refractivity contribution >= 4 is 29.9 Å². The van der Waals surface area contributed by atoms with Gasteiger partial charge in [0.2, 0.25) is 0 Å². The average Bonchev–Trinajstić information content (AvgIpc) is 3.47. The third-order valence-corrected chi connectivity index (χ3v) is 5.83. The molecule has 1 atom stereocenters. The van der Waals surface area contributed by atoms with Crippen molar-refractivity contribution in [3.05, 3.63) is 48.3 Å². The third-order valence-electron chi connectivity index (χ3n) is 5.83. The van der Waals surface area contributed by atoms with E-state index in [9.17, 15) is 0 Å². The predicted molar refractivity (Wildman–Crippen MR) is 131 cm³/mol. The SMILES string of the molecule is CN=C(NCc1cccc(-n2cccn2)c1)NC1CCN(CC2CCOC2)CC1.I. The van der Waals surface area contributed by atoms with Crippen LogP contribution < -0.4 is 10.6 Å². The normalized spacial score (nSPS) is 20.7. The first-order chi connectivity index (χ1) is 14.3. The molecule has 0 spiro atoms. The van der Waals surface area contributed by atoms with Gasteiger partial charge in [0.1, 0.15) is 0 Å². The summed E-state index contributed by atoms with van der Waals surface area (Å²) in [6, 6.07) is 10.8. The largest absolute Gasteiger partial charge is 0.381 e. The fraction of sp³-hybridized carbons (Fsp3) is 0.545. The molecule has 0 bridgehead atoms. The Morgan fingerprint density at radius 2 is 2.10 bits per heavy atom. The number of aliphatic imine (C=N–C) groups is 1. The highest BCUT2D eigenvalue weighted by atomic mass is 127. The van der Waals surface area contributed by atoms with E-state index in [-0.39, 0.29) is 24.0 Å². The lowest BCUT2D eigenvalue weighted by molar-refractivity contribution is 0.150. The van der Waals surface area contributed by atoms with Crippen molar-refractivity contribution in [1.82, 2.24) is 25.3 Å². The van der Waals surface area contributed by atoms with E-state index in [1.807, 2.05) is 24.0 Å². The van der Waals surface area contributed by atoms with Crippen LogP contribution in [0.5, 0.6) is 0 Å². The number of hydrogen-bond acceptors (Lipinski definition) is 4. The molecule has 1 aromatic carbocycles. The molecule has 8 heteroatoms. The number of nitrogens with one attached hydrogen (secondary N) is 2. The number of rotatable bonds is 6. The summed E-state index contributed by atoms with van der Waals surface area (Å²) < 4.78 is 7.39. The molecule has 0 radical (unpaired) electrons. The quantitative estimate of drug-likeness (QED) is 0.346. The number of guanidine groups is 1. The van der Waals surface area contributed by atoms with Gasteiger partial charge in [0.25, 0.3) is 0 Å². The summed E-state index contributed by atoms with van der Waals surface area (Å²) in [6.07, 6.45) is 7.28. The third kappa shape index (κ3) is 6.42. The van der Waals surface area contributed by atoms with E-state index < -0.39 is 0 Å². The zero-order chi connectivity index (χ0) is 19.9. The minimum absolute atomic E-state index is 0. The second-order valence-corrected chi connectivity index (χ2v) is 8.00. The molecule has 1 aromatic heterocycles. The lowest BCUT2D eigenvalue weighted by Gasteiger charge is -2.34. The van der Waals surface area contributed by atoms with Crippen LogP contribution in [0.1, 0.15) is 24.8 Å². The number of halogens is 1. The van der Waals surface area contributed by atoms with Gasteiger partial charge in [0.15, 0.2) is 5.96 Å². The van der Waals surface area contributed by atoms with E-state index in [1.165, 1.54) is 18.5 Å². The van der Waals surface area contributed by atoms with E-state index in [0.717, 1.165) is 63.3 Å². The maximum absolute atomic E-state index is 5.51. The molecule has 2 N–H and O–H groups in total. The number of piperidine rings is 1. The Balaban J connectivity index is 0.00000256. The van der Waals surface area contributed by atoms with Gasteiger partial charge >= 0.3 is 0 Å². The van der Waals surface area contributed by atoms with Gasteiger partial charge in [0.05, 0.1) is 12.3 Å². The Labute approximate surface area is 196 Å². The number of likely N-dealkylation sites (tertiary alicyclic amines) is 1. The second kappa shape index (κ2) is 11.7. The van der Waals surface area contributed by atoms with Crippen LogP contribution in [0.15, 0.2) is 47.7 Å². The molecule has 0 saturated carbocycles. The Morgan fingerprint density at radius 1 is 1.23 bits per heavy atom. The zero-order valence-electron chi connectivity index (χ0n) is 17.7. The van der Waals surface area contributed by atoms with Gasteiger partial charge in [-0.15, -0.1) is 24.0 Å². The van der Waals surface area contributed by atoms with E-state index in [2.05, 4.69) is 49.9 Å². The Bertz CT molecular complexity index is 783. The molecular formula is C22H33IN6O. The van der Waals surface area contributed by atoms with Gasteiger partial charge in [-0.25, -0.2) is 4.68 Å². The van der Waals surface area contributed by atoms with Crippen molar-refractivity contribution in [2.24, 2.45) is 10.9 Å². The lowest BCUT2D eigenvalue weighted by atomic mass is 10.0. The molecule has 2 aliphatic heterocycles. The van der Waals surface area contributed by atoms with E-state index >= 15 is 0 Å². The van der Waals surface area contributed by atoms with Crippen LogP contribution in [0.3, 0.4) is 0 Å². The first-order valence-corrected chi connectivity index (χ1v) is 10.7. The molecule has 0 amide bonds. The van der Waals surface area contributed by atoms with Gasteiger partial charge in [-0.3, -0.25) is 4.99 Å². The standard InChI is InChI=1S/C22H32N6O.HI/c1-23-22(24-15-18-4-2-5-21(14-18)28-10-3-9-25-28)26-20-6-11-27(12-7-20)16-19-8-13-29-17-19;/h2-5,9-10,14,19-20H,6-8,11-13,15-17H2,1H3,(H2,23,24,26);1H. The van der Waals surface area contributed by atoms with Crippen molar-refractivity contribution in [2.45, 2.75) is 31.8 Å². The zero-order valence-corrected chi connectivity index (χ0v) is 20.0. The number of ether oxygens (including phenoxy) is 1. The Kier molecular flexibility index (Phi) is 8.95. The summed E-state index contributed by atoms with van der Waals surface area (Å²) in [5.74, 6) is 1.60. The van der Waals surface area contributed by atoms with Crippen molar-refractivity contribution in [1.29, 1.82) is 0 Å². The van der Waals surface area contributed by atoms with Crippen LogP contribution in [0.25, 0.3) is 5.69 Å². The van der Waals surface area contributed by atoms with Crippen LogP contribution >= 0.6 is 24.0 Å². The van der Waals surface area contributed by atoms with E-state index in [0.29, 0.717) is 6.04 Å². The van der Waals surface area contributed by atoms with Crippen molar-refractivity contribution < 1.29 is 4.74 Å². The summed E-state index contributed by atoms with van der Waals surface area (Å²) in [4.78, 5) is 7.01. The monoisotopic (exact) mass is 524 g/mol. The van der Waals surface area contributed by atoms with Crippen LogP contribution in [-0.4, -0.2) is 66.6 Å². The van der Waals surface area contributed by atoms with Gasteiger partial charge in [-0.2, -0.15) is 5.10 Å². The molecule has 2 aliphatic rings. The molecule has 0 aliphatic carbocycles. The average molecular weight is 524 g/mol. The first kappa shape index (κ1) is 23.0. The van der Waals surface area contributed by atoms with Crippen molar-refractivity contribution in [3.63, 3.8) is 0 Å². The highest BCUT2D eigenvalue weighted by molar-refractivity contribution is 14.0. The van der Waals surface area contributed by atoms with Gasteiger partial charge in [-0.05, 0) is 48.9 Å². The Hall–Kier alpha value is -1.65. The summed E-state index contributed by atoms with van der Waals surface area (Å²) in [6.45, 7) is 6.10. The highest BCUT2D eigenvalue weighted by Crippen LogP contribution is 2.17. The molecule has 2 aromatic rings. The van der Waals surface area contributed by atoms with Crippen LogP contribution in [-0.2, 0) is 11.3 Å². The molecule has 164 valence electrons. The van der Waals surface area contributed by atoms with Crippen LogP contribution in [0, 0.1) is 5.92 Å². The number of aromatic nitrogens is 2. The summed E-state index contributed by atoms with van der Waals surface area (Å²) in [7, 11) is 1.84. The van der Waals surface area contributed by atoms with Crippen molar-refractivity contribution in [3.8, 4) is 5.69 Å². The molecule has 2 saturated heterocycles. The van der Waals surface area contributed by atoms with Gasteiger partial charge in [-0.1, -0.05) is 12.1 Å². The number of nitrogens with zero attached hydrogens (tertiary/aromatic N) is 4. The number of hydrogen-bond donors (Lipinski definition) is 2.